The number of benzene rings is 4. The van der Waals surface area contributed by atoms with Crippen LogP contribution in [0.1, 0.15) is 68.6 Å². The fourth-order valence-electron chi connectivity index (χ4n) is 5.39. The molecule has 0 heterocycles. The van der Waals surface area contributed by atoms with Crippen LogP contribution in [0.15, 0.2) is 71.6 Å². The molecule has 1 amide bonds. The second kappa shape index (κ2) is 16.5. The van der Waals surface area contributed by atoms with Gasteiger partial charge in [-0.15, -0.1) is 11.8 Å². The fraction of sp³-hybridized carbons (Fsp3) is 0.359. The predicted molar refractivity (Wildman–Crippen MR) is 189 cm³/mol. The number of thioether (sulfide) groups is 1. The summed E-state index contributed by atoms with van der Waals surface area (Å²) in [5.41, 5.74) is 3.19. The number of hydrogen-bond donors (Lipinski definition) is 0. The second-order valence-corrected chi connectivity index (χ2v) is 13.3. The Labute approximate surface area is 283 Å². The number of para-hydroxylation sites is 1. The highest BCUT2D eigenvalue weighted by atomic mass is 32.2. The van der Waals surface area contributed by atoms with Crippen LogP contribution in [0.4, 0.5) is 0 Å². The van der Waals surface area contributed by atoms with Crippen molar-refractivity contribution in [1.29, 1.82) is 10.5 Å². The van der Waals surface area contributed by atoms with Crippen LogP contribution >= 0.6 is 11.8 Å². The van der Waals surface area contributed by atoms with Crippen LogP contribution in [0.5, 0.6) is 11.5 Å². The van der Waals surface area contributed by atoms with Gasteiger partial charge in [-0.1, -0.05) is 58.0 Å². The van der Waals surface area contributed by atoms with Crippen molar-refractivity contribution in [2.75, 3.05) is 45.3 Å². The van der Waals surface area contributed by atoms with Crippen molar-refractivity contribution in [3.05, 3.63) is 89.0 Å². The summed E-state index contributed by atoms with van der Waals surface area (Å²) in [6, 6.07) is 25.6. The standard InChI is InChI=1S/C39H43N3O4S/c1-7-44-19-17-42(18-20-45-8-2)38(43)32-15-10-11-16-34(32)46-35-24-30(39(4,5)6)22-28-21-29(25-40)33(26-41)36(37(28)35)27-13-12-14-31(23-27)47-9-3/h10-16,21-24H,7-9,17-20H2,1-6H3. The van der Waals surface area contributed by atoms with E-state index in [1.165, 1.54) is 0 Å². The highest BCUT2D eigenvalue weighted by Crippen LogP contribution is 2.44. The zero-order valence-corrected chi connectivity index (χ0v) is 29.0. The first-order chi connectivity index (χ1) is 22.7. The van der Waals surface area contributed by atoms with Crippen molar-refractivity contribution in [2.24, 2.45) is 0 Å². The first kappa shape index (κ1) is 35.5. The van der Waals surface area contributed by atoms with Gasteiger partial charge in [0.05, 0.1) is 29.9 Å². The number of carbonyl (C=O) groups excluding carboxylic acids is 1. The van der Waals surface area contributed by atoms with E-state index in [4.69, 9.17) is 14.2 Å². The molecular weight excluding hydrogens is 607 g/mol. The van der Waals surface area contributed by atoms with E-state index >= 15 is 0 Å². The largest absolute Gasteiger partial charge is 0.456 e. The summed E-state index contributed by atoms with van der Waals surface area (Å²) in [6.07, 6.45) is 0. The molecule has 4 aromatic carbocycles. The Balaban J connectivity index is 1.96. The number of ether oxygens (including phenoxy) is 3. The van der Waals surface area contributed by atoms with E-state index in [0.717, 1.165) is 27.2 Å². The molecule has 0 aliphatic carbocycles. The molecule has 47 heavy (non-hydrogen) atoms. The lowest BCUT2D eigenvalue weighted by Gasteiger charge is -2.25. The summed E-state index contributed by atoms with van der Waals surface area (Å²) in [4.78, 5) is 16.9. The Morgan fingerprint density at radius 2 is 1.55 bits per heavy atom. The molecule has 0 fully saturated rings. The molecule has 0 saturated heterocycles. The van der Waals surface area contributed by atoms with E-state index in [2.05, 4.69) is 52.0 Å². The van der Waals surface area contributed by atoms with Crippen molar-refractivity contribution < 1.29 is 19.0 Å². The third kappa shape index (κ3) is 8.53. The average molecular weight is 650 g/mol. The molecule has 0 saturated carbocycles. The number of amides is 1. The smallest absolute Gasteiger partial charge is 0.257 e. The van der Waals surface area contributed by atoms with Crippen molar-refractivity contribution in [3.8, 4) is 34.8 Å². The van der Waals surface area contributed by atoms with Crippen LogP contribution in [0, 0.1) is 22.7 Å². The summed E-state index contributed by atoms with van der Waals surface area (Å²) in [5, 5.41) is 22.1. The van der Waals surface area contributed by atoms with Gasteiger partial charge in [0.2, 0.25) is 0 Å². The van der Waals surface area contributed by atoms with Gasteiger partial charge < -0.3 is 19.1 Å². The van der Waals surface area contributed by atoms with Crippen LogP contribution in [0.25, 0.3) is 21.9 Å². The van der Waals surface area contributed by atoms with E-state index in [1.54, 1.807) is 34.9 Å². The van der Waals surface area contributed by atoms with E-state index in [-0.39, 0.29) is 16.9 Å². The predicted octanol–water partition coefficient (Wildman–Crippen LogP) is 8.97. The summed E-state index contributed by atoms with van der Waals surface area (Å²) < 4.78 is 17.9. The van der Waals surface area contributed by atoms with E-state index in [9.17, 15) is 15.3 Å². The minimum absolute atomic E-state index is 0.190. The zero-order chi connectivity index (χ0) is 34.0. The van der Waals surface area contributed by atoms with E-state index < -0.39 is 0 Å². The van der Waals surface area contributed by atoms with Crippen LogP contribution < -0.4 is 4.74 Å². The Hall–Kier alpha value is -4.34. The molecule has 0 spiro atoms. The monoisotopic (exact) mass is 649 g/mol. The highest BCUT2D eigenvalue weighted by molar-refractivity contribution is 7.99. The minimum Gasteiger partial charge on any atom is -0.456 e. The first-order valence-electron chi connectivity index (χ1n) is 16.1. The molecule has 0 N–H and O–H groups in total. The van der Waals surface area contributed by atoms with Gasteiger partial charge >= 0.3 is 0 Å². The number of nitrogens with zero attached hydrogens (tertiary/aromatic N) is 3. The molecule has 0 bridgehead atoms. The molecule has 8 heteroatoms. The molecule has 0 radical (unpaired) electrons. The summed E-state index contributed by atoms with van der Waals surface area (Å²) in [6.45, 7) is 15.1. The maximum absolute atomic E-state index is 14.1. The molecule has 4 rings (SSSR count). The highest BCUT2D eigenvalue weighted by Gasteiger charge is 2.25. The molecule has 0 aliphatic heterocycles. The number of carbonyl (C=O) groups is 1. The molecule has 4 aromatic rings. The maximum atomic E-state index is 14.1. The second-order valence-electron chi connectivity index (χ2n) is 12.0. The minimum atomic E-state index is -0.254. The van der Waals surface area contributed by atoms with E-state index in [1.807, 2.05) is 50.2 Å². The van der Waals surface area contributed by atoms with Gasteiger partial charge in [0.1, 0.15) is 23.6 Å². The van der Waals surface area contributed by atoms with Crippen LogP contribution in [0.3, 0.4) is 0 Å². The van der Waals surface area contributed by atoms with Gasteiger partial charge in [-0.2, -0.15) is 10.5 Å². The van der Waals surface area contributed by atoms with Gasteiger partial charge in [0, 0.05) is 42.1 Å². The van der Waals surface area contributed by atoms with Crippen LogP contribution in [0.2, 0.25) is 0 Å². The summed E-state index contributed by atoms with van der Waals surface area (Å²) in [7, 11) is 0. The van der Waals surface area contributed by atoms with Crippen LogP contribution in [-0.2, 0) is 14.9 Å². The number of rotatable bonds is 14. The van der Waals surface area contributed by atoms with Crippen LogP contribution in [-0.4, -0.2) is 56.1 Å². The van der Waals surface area contributed by atoms with E-state index in [0.29, 0.717) is 73.1 Å². The van der Waals surface area contributed by atoms with Gasteiger partial charge in [0.15, 0.2) is 0 Å². The summed E-state index contributed by atoms with van der Waals surface area (Å²) in [5.74, 6) is 1.61. The Bertz CT molecular complexity index is 1790. The fourth-order valence-corrected chi connectivity index (χ4v) is 6.11. The molecular formula is C39H43N3O4S. The quantitative estimate of drug-likeness (QED) is 0.0994. The third-order valence-corrected chi connectivity index (χ3v) is 8.65. The van der Waals surface area contributed by atoms with Crippen molar-refractivity contribution in [3.63, 3.8) is 0 Å². The lowest BCUT2D eigenvalue weighted by atomic mass is 9.83. The molecule has 7 nitrogen and oxygen atoms in total. The van der Waals surface area contributed by atoms with Gasteiger partial charge in [0.25, 0.3) is 5.91 Å². The molecule has 244 valence electrons. The van der Waals surface area contributed by atoms with Crippen molar-refractivity contribution in [2.45, 2.75) is 51.9 Å². The van der Waals surface area contributed by atoms with Gasteiger partial charge in [-0.3, -0.25) is 4.79 Å². The molecule has 0 atom stereocenters. The molecule has 0 aliphatic rings. The number of nitriles is 2. The topological polar surface area (TPSA) is 95.6 Å². The SMILES string of the molecule is CCOCCN(CCOCC)C(=O)c1ccccc1Oc1cc(C(C)(C)C)cc2cc(C#N)c(C#N)c(-c3cccc(SCC)c3)c12. The normalized spacial score (nSPS) is 11.2. The number of fused-ring (bicyclic) bond motifs is 1. The molecule has 0 unspecified atom stereocenters. The lowest BCUT2D eigenvalue weighted by Crippen LogP contribution is -2.37. The molecule has 0 aromatic heterocycles. The zero-order valence-electron chi connectivity index (χ0n) is 28.2. The van der Waals surface area contributed by atoms with Crippen molar-refractivity contribution in [1.82, 2.24) is 4.90 Å². The number of hydrogen-bond acceptors (Lipinski definition) is 7. The maximum Gasteiger partial charge on any atom is 0.257 e. The van der Waals surface area contributed by atoms with Gasteiger partial charge in [-0.05, 0) is 77.9 Å². The van der Waals surface area contributed by atoms with Crippen molar-refractivity contribution >= 4 is 28.4 Å². The Morgan fingerprint density at radius 1 is 0.851 bits per heavy atom. The Morgan fingerprint density at radius 3 is 2.17 bits per heavy atom. The first-order valence-corrected chi connectivity index (χ1v) is 17.1. The average Bonchev–Trinajstić information content (AvgIpc) is 3.06. The summed E-state index contributed by atoms with van der Waals surface area (Å²) >= 11 is 1.71. The Kier molecular flexibility index (Phi) is 12.4. The lowest BCUT2D eigenvalue weighted by molar-refractivity contribution is 0.0548. The van der Waals surface area contributed by atoms with Gasteiger partial charge in [-0.25, -0.2) is 0 Å². The third-order valence-electron chi connectivity index (χ3n) is 7.78.